The summed E-state index contributed by atoms with van der Waals surface area (Å²) in [5.74, 6) is 1.30. The van der Waals surface area contributed by atoms with Gasteiger partial charge in [0.05, 0.1) is 12.2 Å². The van der Waals surface area contributed by atoms with Crippen molar-refractivity contribution in [2.75, 3.05) is 11.9 Å². The highest BCUT2D eigenvalue weighted by Crippen LogP contribution is 2.32. The lowest BCUT2D eigenvalue weighted by atomic mass is 10.0. The molecule has 0 saturated heterocycles. The van der Waals surface area contributed by atoms with Crippen molar-refractivity contribution in [2.24, 2.45) is 5.92 Å². The molecule has 0 atom stereocenters. The molecule has 1 heterocycles. The molecule has 1 aliphatic carbocycles. The number of benzene rings is 1. The molecule has 1 aliphatic heterocycles. The number of hydrogen-bond acceptors (Lipinski definition) is 3. The van der Waals surface area contributed by atoms with Crippen molar-refractivity contribution in [1.82, 2.24) is 0 Å². The third-order valence-electron chi connectivity index (χ3n) is 4.44. The Hall–Kier alpha value is -1.84. The minimum absolute atomic E-state index is 0.0621. The molecule has 0 unspecified atom stereocenters. The molecule has 112 valence electrons. The van der Waals surface area contributed by atoms with E-state index in [4.69, 9.17) is 4.74 Å². The molecule has 1 N–H and O–H groups in total. The molecular formula is C17H21NO3. The number of fused-ring (bicyclic) bond motifs is 1. The van der Waals surface area contributed by atoms with E-state index in [1.165, 1.54) is 12.8 Å². The van der Waals surface area contributed by atoms with Crippen LogP contribution >= 0.6 is 0 Å². The van der Waals surface area contributed by atoms with Crippen LogP contribution in [0.5, 0.6) is 5.75 Å². The number of hydrogen-bond donors (Lipinski definition) is 1. The molecule has 3 rings (SSSR count). The van der Waals surface area contributed by atoms with Crippen LogP contribution in [0.15, 0.2) is 12.1 Å². The molecular weight excluding hydrogens is 266 g/mol. The SMILES string of the molecule is Cc1cc2c(cc1NC(=O)CC1CCCC1)OCCC2=O. The minimum Gasteiger partial charge on any atom is -0.492 e. The van der Waals surface area contributed by atoms with E-state index < -0.39 is 0 Å². The van der Waals surface area contributed by atoms with E-state index in [1.807, 2.05) is 13.0 Å². The summed E-state index contributed by atoms with van der Waals surface area (Å²) < 4.78 is 5.53. The van der Waals surface area contributed by atoms with Gasteiger partial charge in [-0.15, -0.1) is 0 Å². The highest BCUT2D eigenvalue weighted by Gasteiger charge is 2.22. The number of Topliss-reactive ketones (excluding diaryl/α,β-unsaturated/α-hetero) is 1. The molecule has 1 amide bonds. The minimum atomic E-state index is 0.0621. The standard InChI is InChI=1S/C17H21NO3/c1-11-8-13-15(19)6-7-21-16(13)10-14(11)18-17(20)9-12-4-2-3-5-12/h8,10,12H,2-7,9H2,1H3,(H,18,20). The van der Waals surface area contributed by atoms with Crippen LogP contribution in [0.1, 0.15) is 54.4 Å². The summed E-state index contributed by atoms with van der Waals surface area (Å²) in [4.78, 5) is 24.0. The maximum Gasteiger partial charge on any atom is 0.224 e. The molecule has 21 heavy (non-hydrogen) atoms. The Morgan fingerprint density at radius 1 is 1.33 bits per heavy atom. The van der Waals surface area contributed by atoms with E-state index in [9.17, 15) is 9.59 Å². The molecule has 4 nitrogen and oxygen atoms in total. The summed E-state index contributed by atoms with van der Waals surface area (Å²) >= 11 is 0. The van der Waals surface area contributed by atoms with Gasteiger partial charge >= 0.3 is 0 Å². The summed E-state index contributed by atoms with van der Waals surface area (Å²) in [5, 5.41) is 2.97. The van der Waals surface area contributed by atoms with Crippen molar-refractivity contribution < 1.29 is 14.3 Å². The van der Waals surface area contributed by atoms with Crippen molar-refractivity contribution in [3.8, 4) is 5.75 Å². The topological polar surface area (TPSA) is 55.4 Å². The first kappa shape index (κ1) is 14.1. The number of rotatable bonds is 3. The van der Waals surface area contributed by atoms with Gasteiger partial charge in [0.15, 0.2) is 5.78 Å². The van der Waals surface area contributed by atoms with Gasteiger partial charge in [0, 0.05) is 24.6 Å². The summed E-state index contributed by atoms with van der Waals surface area (Å²) in [5.41, 5.74) is 2.30. The van der Waals surface area contributed by atoms with Crippen molar-refractivity contribution in [1.29, 1.82) is 0 Å². The van der Waals surface area contributed by atoms with Gasteiger partial charge in [-0.2, -0.15) is 0 Å². The third kappa shape index (κ3) is 3.09. The van der Waals surface area contributed by atoms with Crippen LogP contribution in [0.3, 0.4) is 0 Å². The Balaban J connectivity index is 1.73. The second-order valence-electron chi connectivity index (χ2n) is 6.09. The fourth-order valence-corrected chi connectivity index (χ4v) is 3.23. The van der Waals surface area contributed by atoms with Crippen LogP contribution in [0.4, 0.5) is 5.69 Å². The molecule has 1 fully saturated rings. The number of carbonyl (C=O) groups excluding carboxylic acids is 2. The first-order valence-electron chi connectivity index (χ1n) is 7.74. The first-order chi connectivity index (χ1) is 10.1. The summed E-state index contributed by atoms with van der Waals surface area (Å²) in [6.45, 7) is 2.33. The van der Waals surface area contributed by atoms with Gasteiger partial charge in [-0.1, -0.05) is 12.8 Å². The average molecular weight is 287 g/mol. The molecule has 1 saturated carbocycles. The fourth-order valence-electron chi connectivity index (χ4n) is 3.23. The van der Waals surface area contributed by atoms with E-state index in [1.54, 1.807) is 6.07 Å². The van der Waals surface area contributed by atoms with Crippen molar-refractivity contribution in [3.63, 3.8) is 0 Å². The molecule has 2 aliphatic rings. The van der Waals surface area contributed by atoms with Crippen LogP contribution in [0, 0.1) is 12.8 Å². The average Bonchev–Trinajstić information content (AvgIpc) is 2.93. The Labute approximate surface area is 124 Å². The summed E-state index contributed by atoms with van der Waals surface area (Å²) in [6.07, 6.45) is 5.83. The fraction of sp³-hybridized carbons (Fsp3) is 0.529. The van der Waals surface area contributed by atoms with Crippen LogP contribution in [0.2, 0.25) is 0 Å². The third-order valence-corrected chi connectivity index (χ3v) is 4.44. The number of nitrogens with one attached hydrogen (secondary N) is 1. The maximum absolute atomic E-state index is 12.1. The second-order valence-corrected chi connectivity index (χ2v) is 6.09. The lowest BCUT2D eigenvalue weighted by Crippen LogP contribution is -2.18. The lowest BCUT2D eigenvalue weighted by molar-refractivity contribution is -0.117. The Morgan fingerprint density at radius 2 is 2.10 bits per heavy atom. The van der Waals surface area contributed by atoms with Gasteiger partial charge < -0.3 is 10.1 Å². The van der Waals surface area contributed by atoms with Gasteiger partial charge in [0.25, 0.3) is 0 Å². The van der Waals surface area contributed by atoms with E-state index in [2.05, 4.69) is 5.32 Å². The zero-order valence-corrected chi connectivity index (χ0v) is 12.4. The molecule has 1 aromatic carbocycles. The van der Waals surface area contributed by atoms with Crippen molar-refractivity contribution in [3.05, 3.63) is 23.3 Å². The van der Waals surface area contributed by atoms with Crippen LogP contribution in [-0.4, -0.2) is 18.3 Å². The van der Waals surface area contributed by atoms with Crippen LogP contribution < -0.4 is 10.1 Å². The largest absolute Gasteiger partial charge is 0.492 e. The molecule has 1 aromatic rings. The molecule has 0 bridgehead atoms. The molecule has 0 radical (unpaired) electrons. The van der Waals surface area contributed by atoms with Gasteiger partial charge in [-0.3, -0.25) is 9.59 Å². The number of ether oxygens (including phenoxy) is 1. The normalized spacial score (nSPS) is 18.2. The zero-order chi connectivity index (χ0) is 14.8. The van der Waals surface area contributed by atoms with Crippen molar-refractivity contribution in [2.45, 2.75) is 45.4 Å². The molecule has 4 heteroatoms. The number of amides is 1. The zero-order valence-electron chi connectivity index (χ0n) is 12.4. The lowest BCUT2D eigenvalue weighted by Gasteiger charge is -2.19. The van der Waals surface area contributed by atoms with Crippen LogP contribution in [0.25, 0.3) is 0 Å². The van der Waals surface area contributed by atoms with E-state index in [0.29, 0.717) is 36.7 Å². The van der Waals surface area contributed by atoms with Crippen LogP contribution in [-0.2, 0) is 4.79 Å². The quantitative estimate of drug-likeness (QED) is 0.926. The van der Waals surface area contributed by atoms with E-state index in [-0.39, 0.29) is 11.7 Å². The molecule has 0 spiro atoms. The molecule has 0 aromatic heterocycles. The van der Waals surface area contributed by atoms with Gasteiger partial charge in [0.2, 0.25) is 5.91 Å². The Kier molecular flexibility index (Phi) is 3.95. The van der Waals surface area contributed by atoms with Crippen molar-refractivity contribution >= 4 is 17.4 Å². The van der Waals surface area contributed by atoms with Gasteiger partial charge in [-0.25, -0.2) is 0 Å². The number of carbonyl (C=O) groups is 2. The maximum atomic E-state index is 12.1. The van der Waals surface area contributed by atoms with Gasteiger partial charge in [0.1, 0.15) is 5.75 Å². The predicted octanol–water partition coefficient (Wildman–Crippen LogP) is 3.48. The second kappa shape index (κ2) is 5.88. The smallest absolute Gasteiger partial charge is 0.224 e. The first-order valence-corrected chi connectivity index (χ1v) is 7.74. The highest BCUT2D eigenvalue weighted by molar-refractivity contribution is 6.01. The Morgan fingerprint density at radius 3 is 2.86 bits per heavy atom. The number of aryl methyl sites for hydroxylation is 1. The number of ketones is 1. The number of anilines is 1. The van der Waals surface area contributed by atoms with E-state index >= 15 is 0 Å². The summed E-state index contributed by atoms with van der Waals surface area (Å²) in [7, 11) is 0. The highest BCUT2D eigenvalue weighted by atomic mass is 16.5. The van der Waals surface area contributed by atoms with E-state index in [0.717, 1.165) is 24.1 Å². The van der Waals surface area contributed by atoms with Gasteiger partial charge in [-0.05, 0) is 37.3 Å². The monoisotopic (exact) mass is 287 g/mol. The summed E-state index contributed by atoms with van der Waals surface area (Å²) in [6, 6.07) is 3.61. The Bertz CT molecular complexity index is 574. The predicted molar refractivity (Wildman–Crippen MR) is 80.8 cm³/mol.